The number of furan rings is 1. The lowest BCUT2D eigenvalue weighted by Gasteiger charge is -2.45. The van der Waals surface area contributed by atoms with Gasteiger partial charge in [-0.3, -0.25) is 9.69 Å². The zero-order valence-electron chi connectivity index (χ0n) is 23.7. The SMILES string of the molecule is CC1=CCC[C@@]2(C)[C@@H](CC[C@@]2(O)CN2Cc3ccccc3C2)c2ccc(cc2C(=O)c2ccco2)C[C@@H](O)CC1. The Balaban J connectivity index is 1.40. The van der Waals surface area contributed by atoms with Crippen molar-refractivity contribution in [1.82, 2.24) is 4.90 Å². The molecule has 1 saturated carbocycles. The predicted octanol–water partition coefficient (Wildman–Crippen LogP) is 6.56. The average Bonchev–Trinajstić information content (AvgIpc) is 3.66. The normalized spacial score (nSPS) is 29.1. The Morgan fingerprint density at radius 2 is 1.82 bits per heavy atom. The van der Waals surface area contributed by atoms with Gasteiger partial charge in [0.25, 0.3) is 0 Å². The van der Waals surface area contributed by atoms with Crippen molar-refractivity contribution in [2.24, 2.45) is 5.41 Å². The minimum Gasteiger partial charge on any atom is -0.461 e. The lowest BCUT2D eigenvalue weighted by molar-refractivity contribution is -0.0845. The molecule has 4 aliphatic rings. The molecule has 2 bridgehead atoms. The van der Waals surface area contributed by atoms with Crippen LogP contribution >= 0.6 is 0 Å². The maximum Gasteiger partial charge on any atom is 0.228 e. The fourth-order valence-electron chi connectivity index (χ4n) is 7.62. The first-order valence-corrected chi connectivity index (χ1v) is 14.8. The van der Waals surface area contributed by atoms with Gasteiger partial charge in [0, 0.05) is 30.6 Å². The Morgan fingerprint density at radius 3 is 2.55 bits per heavy atom. The van der Waals surface area contributed by atoms with Gasteiger partial charge in [-0.05, 0) is 98.2 Å². The molecule has 210 valence electrons. The number of β-amino-alcohol motifs (C(OH)–C–C–N with tert-alkyl or cyclic N) is 1. The number of hydrogen-bond donors (Lipinski definition) is 2. The molecule has 40 heavy (non-hydrogen) atoms. The Morgan fingerprint density at radius 1 is 1.05 bits per heavy atom. The van der Waals surface area contributed by atoms with Gasteiger partial charge in [0.2, 0.25) is 5.78 Å². The minimum atomic E-state index is -0.890. The third-order valence-corrected chi connectivity index (χ3v) is 10.1. The fourth-order valence-corrected chi connectivity index (χ4v) is 7.62. The smallest absolute Gasteiger partial charge is 0.228 e. The zero-order valence-corrected chi connectivity index (χ0v) is 23.7. The minimum absolute atomic E-state index is 0.0204. The highest BCUT2D eigenvalue weighted by atomic mass is 16.3. The van der Waals surface area contributed by atoms with Gasteiger partial charge >= 0.3 is 0 Å². The van der Waals surface area contributed by atoms with E-state index in [9.17, 15) is 15.0 Å². The van der Waals surface area contributed by atoms with Crippen molar-refractivity contribution in [3.8, 4) is 0 Å². The van der Waals surface area contributed by atoms with Crippen LogP contribution in [0.5, 0.6) is 0 Å². The molecule has 4 atom stereocenters. The highest BCUT2D eigenvalue weighted by Crippen LogP contribution is 2.59. The number of hydrogen-bond acceptors (Lipinski definition) is 5. The summed E-state index contributed by atoms with van der Waals surface area (Å²) in [5.41, 5.74) is 5.24. The van der Waals surface area contributed by atoms with Crippen LogP contribution in [0.1, 0.15) is 96.7 Å². The van der Waals surface area contributed by atoms with E-state index in [-0.39, 0.29) is 11.7 Å². The van der Waals surface area contributed by atoms with Gasteiger partial charge < -0.3 is 14.6 Å². The molecule has 2 N–H and O–H groups in total. The largest absolute Gasteiger partial charge is 0.461 e. The van der Waals surface area contributed by atoms with Crippen LogP contribution in [0.3, 0.4) is 0 Å². The summed E-state index contributed by atoms with van der Waals surface area (Å²) in [5, 5.41) is 23.3. The van der Waals surface area contributed by atoms with Crippen LogP contribution in [0.4, 0.5) is 0 Å². The van der Waals surface area contributed by atoms with E-state index in [1.807, 2.05) is 6.07 Å². The van der Waals surface area contributed by atoms with E-state index in [0.717, 1.165) is 49.9 Å². The first kappa shape index (κ1) is 27.2. The van der Waals surface area contributed by atoms with Crippen LogP contribution in [0.25, 0.3) is 0 Å². The van der Waals surface area contributed by atoms with Gasteiger partial charge in [-0.15, -0.1) is 0 Å². The molecule has 1 fully saturated rings. The standard InChI is InChI=1S/C35H41NO4/c1-24-7-5-16-34(2)31(15-17-35(34,39)23-36-21-26-8-3-4-9-27(26)22-36)29-14-12-25(19-28(37)13-11-24)20-30(29)33(38)32-10-6-18-40-32/h3-4,6-10,12,14,18,20,28,31,37,39H,5,11,13,15-17,19,21-23H2,1-2H3/t28-,31-,34-,35+/m0/s1. The summed E-state index contributed by atoms with van der Waals surface area (Å²) in [6.07, 6.45) is 8.59. The molecule has 2 heterocycles. The van der Waals surface area contributed by atoms with Crippen LogP contribution in [0, 0.1) is 5.41 Å². The molecule has 0 radical (unpaired) electrons. The van der Waals surface area contributed by atoms with E-state index >= 15 is 0 Å². The summed E-state index contributed by atoms with van der Waals surface area (Å²) in [7, 11) is 0. The molecule has 5 nitrogen and oxygen atoms in total. The van der Waals surface area contributed by atoms with Gasteiger partial charge in [-0.2, -0.15) is 0 Å². The second kappa shape index (κ2) is 10.8. The van der Waals surface area contributed by atoms with E-state index in [4.69, 9.17) is 4.42 Å². The van der Waals surface area contributed by atoms with Crippen LogP contribution in [0.15, 0.2) is 76.9 Å². The summed E-state index contributed by atoms with van der Waals surface area (Å²) in [6, 6.07) is 18.2. The van der Waals surface area contributed by atoms with Crippen molar-refractivity contribution >= 4 is 5.78 Å². The molecule has 5 heteroatoms. The average molecular weight is 540 g/mol. The maximum atomic E-state index is 13.8. The molecular formula is C35H41NO4. The zero-order chi connectivity index (χ0) is 27.9. The Labute approximate surface area is 237 Å². The van der Waals surface area contributed by atoms with E-state index in [1.54, 1.807) is 12.1 Å². The molecule has 0 saturated heterocycles. The number of benzene rings is 2. The first-order valence-electron chi connectivity index (χ1n) is 14.8. The monoisotopic (exact) mass is 539 g/mol. The lowest BCUT2D eigenvalue weighted by Crippen LogP contribution is -2.51. The van der Waals surface area contributed by atoms with Gasteiger partial charge in [-0.25, -0.2) is 0 Å². The summed E-state index contributed by atoms with van der Waals surface area (Å²) in [6.45, 7) is 6.73. The predicted molar refractivity (Wildman–Crippen MR) is 156 cm³/mol. The number of rotatable bonds is 4. The number of aliphatic hydroxyl groups excluding tert-OH is 1. The second-order valence-corrected chi connectivity index (χ2v) is 12.7. The summed E-state index contributed by atoms with van der Waals surface area (Å²) in [5.74, 6) is 0.211. The number of allylic oxidation sites excluding steroid dienone is 2. The second-order valence-electron chi connectivity index (χ2n) is 12.7. The van der Waals surface area contributed by atoms with Gasteiger partial charge in [-0.1, -0.05) is 55.0 Å². The molecule has 7 rings (SSSR count). The lowest BCUT2D eigenvalue weighted by atomic mass is 9.64. The van der Waals surface area contributed by atoms with E-state index in [0.29, 0.717) is 37.1 Å². The quantitative estimate of drug-likeness (QED) is 0.290. The van der Waals surface area contributed by atoms with Crippen molar-refractivity contribution < 1.29 is 19.4 Å². The van der Waals surface area contributed by atoms with Gasteiger partial charge in [0.1, 0.15) is 0 Å². The number of ketones is 1. The number of nitrogens with zero attached hydrogens (tertiary/aromatic N) is 1. The molecule has 0 amide bonds. The van der Waals surface area contributed by atoms with Crippen LogP contribution in [-0.4, -0.2) is 39.1 Å². The van der Waals surface area contributed by atoms with Crippen molar-refractivity contribution in [3.63, 3.8) is 0 Å². The molecule has 1 aromatic heterocycles. The Hall–Kier alpha value is -2.99. The molecular weight excluding hydrogens is 498 g/mol. The van der Waals surface area contributed by atoms with E-state index in [1.165, 1.54) is 23.0 Å². The van der Waals surface area contributed by atoms with Crippen molar-refractivity contribution in [2.75, 3.05) is 6.54 Å². The molecule has 2 aromatic carbocycles. The topological polar surface area (TPSA) is 73.9 Å². The molecule has 0 unspecified atom stereocenters. The highest BCUT2D eigenvalue weighted by molar-refractivity contribution is 6.08. The van der Waals surface area contributed by atoms with Crippen molar-refractivity contribution in [3.05, 3.63) is 106 Å². The summed E-state index contributed by atoms with van der Waals surface area (Å²) in [4.78, 5) is 16.2. The third kappa shape index (κ3) is 5.00. The maximum absolute atomic E-state index is 13.8. The Bertz CT molecular complexity index is 1380. The number of carbonyl (C=O) groups is 1. The summed E-state index contributed by atoms with van der Waals surface area (Å²) >= 11 is 0. The van der Waals surface area contributed by atoms with Crippen molar-refractivity contribution in [1.29, 1.82) is 0 Å². The molecule has 1 aliphatic heterocycles. The van der Waals surface area contributed by atoms with Crippen LogP contribution < -0.4 is 0 Å². The fraction of sp³-hybridized carbons (Fsp3) is 0.457. The Kier molecular flexibility index (Phi) is 7.32. The number of carbonyl (C=O) groups excluding carboxylic acids is 1. The van der Waals surface area contributed by atoms with Gasteiger partial charge in [0.15, 0.2) is 5.76 Å². The van der Waals surface area contributed by atoms with Gasteiger partial charge in [0.05, 0.1) is 18.0 Å². The molecule has 0 spiro atoms. The first-order chi connectivity index (χ1) is 19.3. The number of aliphatic hydroxyl groups is 2. The van der Waals surface area contributed by atoms with E-state index in [2.05, 4.69) is 61.2 Å². The molecule has 3 aliphatic carbocycles. The summed E-state index contributed by atoms with van der Waals surface area (Å²) < 4.78 is 5.54. The number of fused-ring (bicyclic) bond motifs is 9. The highest BCUT2D eigenvalue weighted by Gasteiger charge is 2.57. The van der Waals surface area contributed by atoms with Crippen molar-refractivity contribution in [2.45, 2.75) is 89.5 Å². The van der Waals surface area contributed by atoms with Crippen LogP contribution in [0.2, 0.25) is 0 Å². The third-order valence-electron chi connectivity index (χ3n) is 10.1. The van der Waals surface area contributed by atoms with E-state index < -0.39 is 17.1 Å². The molecule has 3 aromatic rings. The van der Waals surface area contributed by atoms with Crippen LogP contribution in [-0.2, 0) is 19.5 Å².